The number of amidine groups is 1. The second-order valence-electron chi connectivity index (χ2n) is 5.74. The maximum absolute atomic E-state index is 11.9. The number of methoxy groups -OCH3 is 1. The van der Waals surface area contributed by atoms with Crippen LogP contribution in [0.2, 0.25) is 0 Å². The Kier molecular flexibility index (Phi) is 3.42. The normalized spacial score (nSPS) is 18.8. The molecule has 122 valence electrons. The Morgan fingerprint density at radius 3 is 2.75 bits per heavy atom. The number of hydrogen-bond acceptors (Lipinski definition) is 4. The first-order valence-electron chi connectivity index (χ1n) is 7.62. The fraction of sp³-hybridized carbons (Fsp3) is 0.167. The molecule has 2 aromatic rings. The van der Waals surface area contributed by atoms with Crippen molar-refractivity contribution >= 4 is 32.2 Å². The summed E-state index contributed by atoms with van der Waals surface area (Å²) >= 11 is 0. The maximum atomic E-state index is 11.9. The van der Waals surface area contributed by atoms with Crippen LogP contribution in [0, 0.1) is 0 Å². The fourth-order valence-electron chi connectivity index (χ4n) is 2.96. The zero-order chi connectivity index (χ0) is 16.7. The Bertz CT molecular complexity index is 1020. The monoisotopic (exact) mass is 340 g/mol. The molecule has 2 aliphatic rings. The van der Waals surface area contributed by atoms with Crippen molar-refractivity contribution in [3.63, 3.8) is 0 Å². The van der Waals surface area contributed by atoms with E-state index in [9.17, 15) is 8.42 Å². The van der Waals surface area contributed by atoms with Crippen molar-refractivity contribution in [3.05, 3.63) is 60.3 Å². The van der Waals surface area contributed by atoms with E-state index in [1.165, 1.54) is 0 Å². The smallest absolute Gasteiger partial charge is 0.256 e. The standard InChI is InChI=1S/C18H16N2O3S/c1-23-16-7-6-13-11-15(5-4-14(13)12-16)17-3-2-8-20-9-10-24(21,22)19-18(17)20/h2-8,11-12H,9-10H2,1H3. The molecule has 0 saturated heterocycles. The Hall–Kier alpha value is -2.60. The molecule has 0 atom stereocenters. The first-order chi connectivity index (χ1) is 11.6. The van der Waals surface area contributed by atoms with E-state index in [2.05, 4.69) is 4.40 Å². The second-order valence-corrected chi connectivity index (χ2v) is 7.50. The van der Waals surface area contributed by atoms with Crippen LogP contribution in [0.3, 0.4) is 0 Å². The average Bonchev–Trinajstić information content (AvgIpc) is 2.59. The summed E-state index contributed by atoms with van der Waals surface area (Å²) in [6.07, 6.45) is 5.69. The molecule has 0 bridgehead atoms. The summed E-state index contributed by atoms with van der Waals surface area (Å²) in [5.74, 6) is 1.35. The van der Waals surface area contributed by atoms with Crippen LogP contribution in [-0.4, -0.2) is 38.6 Å². The van der Waals surface area contributed by atoms with E-state index in [4.69, 9.17) is 4.74 Å². The van der Waals surface area contributed by atoms with Gasteiger partial charge >= 0.3 is 0 Å². The SMILES string of the molecule is COc1ccc2cc(C3=CC=CN4CCS(=O)(=O)N=C34)ccc2c1. The third-order valence-corrected chi connectivity index (χ3v) is 5.37. The van der Waals surface area contributed by atoms with Crippen molar-refractivity contribution in [1.29, 1.82) is 0 Å². The van der Waals surface area contributed by atoms with Gasteiger partial charge in [0.2, 0.25) is 0 Å². The van der Waals surface area contributed by atoms with Crippen LogP contribution in [0.15, 0.2) is 59.1 Å². The summed E-state index contributed by atoms with van der Waals surface area (Å²) in [5, 5.41) is 2.13. The molecule has 0 amide bonds. The van der Waals surface area contributed by atoms with Gasteiger partial charge in [-0.2, -0.15) is 0 Å². The molecule has 0 radical (unpaired) electrons. The van der Waals surface area contributed by atoms with Gasteiger partial charge in [0.25, 0.3) is 10.0 Å². The van der Waals surface area contributed by atoms with Crippen LogP contribution >= 0.6 is 0 Å². The Morgan fingerprint density at radius 1 is 1.12 bits per heavy atom. The largest absolute Gasteiger partial charge is 0.497 e. The van der Waals surface area contributed by atoms with Gasteiger partial charge in [0.05, 0.1) is 12.9 Å². The lowest BCUT2D eigenvalue weighted by atomic mass is 9.98. The van der Waals surface area contributed by atoms with Crippen molar-refractivity contribution in [2.45, 2.75) is 0 Å². The number of sulfonamides is 1. The molecule has 0 fully saturated rings. The number of allylic oxidation sites excluding steroid dienone is 2. The quantitative estimate of drug-likeness (QED) is 0.843. The molecule has 2 aromatic carbocycles. The number of hydrogen-bond donors (Lipinski definition) is 0. The highest BCUT2D eigenvalue weighted by atomic mass is 32.2. The number of ether oxygens (including phenoxy) is 1. The lowest BCUT2D eigenvalue weighted by molar-refractivity contribution is 0.415. The first-order valence-corrected chi connectivity index (χ1v) is 9.23. The highest BCUT2D eigenvalue weighted by molar-refractivity contribution is 7.90. The van der Waals surface area contributed by atoms with E-state index >= 15 is 0 Å². The van der Waals surface area contributed by atoms with E-state index < -0.39 is 10.0 Å². The van der Waals surface area contributed by atoms with Gasteiger partial charge in [-0.15, -0.1) is 4.40 Å². The van der Waals surface area contributed by atoms with Crippen LogP contribution in [0.5, 0.6) is 5.75 Å². The van der Waals surface area contributed by atoms with Crippen LogP contribution in [-0.2, 0) is 10.0 Å². The molecule has 0 saturated carbocycles. The van der Waals surface area contributed by atoms with E-state index in [0.29, 0.717) is 12.4 Å². The minimum atomic E-state index is -3.39. The van der Waals surface area contributed by atoms with E-state index in [1.54, 1.807) is 7.11 Å². The molecule has 2 aliphatic heterocycles. The van der Waals surface area contributed by atoms with Gasteiger partial charge in [-0.05, 0) is 46.7 Å². The van der Waals surface area contributed by atoms with Crippen molar-refractivity contribution in [1.82, 2.24) is 4.90 Å². The van der Waals surface area contributed by atoms with Gasteiger partial charge in [0, 0.05) is 18.3 Å². The zero-order valence-corrected chi connectivity index (χ0v) is 14.0. The zero-order valence-electron chi connectivity index (χ0n) is 13.1. The van der Waals surface area contributed by atoms with Gasteiger partial charge in [-0.3, -0.25) is 0 Å². The Labute approximate surface area is 140 Å². The first kappa shape index (κ1) is 15.0. The summed E-state index contributed by atoms with van der Waals surface area (Å²) in [6, 6.07) is 11.9. The molecular formula is C18H16N2O3S. The molecule has 0 unspecified atom stereocenters. The van der Waals surface area contributed by atoms with Crippen LogP contribution in [0.1, 0.15) is 5.56 Å². The van der Waals surface area contributed by atoms with Gasteiger partial charge in [-0.1, -0.05) is 18.2 Å². The van der Waals surface area contributed by atoms with Gasteiger partial charge in [-0.25, -0.2) is 8.42 Å². The van der Waals surface area contributed by atoms with Crippen LogP contribution in [0.4, 0.5) is 0 Å². The highest BCUT2D eigenvalue weighted by Gasteiger charge is 2.27. The summed E-state index contributed by atoms with van der Waals surface area (Å²) in [5.41, 5.74) is 1.76. The molecule has 0 spiro atoms. The third-order valence-electron chi connectivity index (χ3n) is 4.22. The van der Waals surface area contributed by atoms with E-state index in [1.807, 2.05) is 59.7 Å². The van der Waals surface area contributed by atoms with Gasteiger partial charge in [0.1, 0.15) is 5.75 Å². The molecular weight excluding hydrogens is 324 g/mol. The number of fused-ring (bicyclic) bond motifs is 2. The van der Waals surface area contributed by atoms with Crippen LogP contribution < -0.4 is 4.74 Å². The molecule has 2 heterocycles. The Balaban J connectivity index is 1.83. The van der Waals surface area contributed by atoms with Gasteiger partial charge in [0.15, 0.2) is 5.84 Å². The Morgan fingerprint density at radius 2 is 1.92 bits per heavy atom. The number of rotatable bonds is 2. The number of nitrogens with zero attached hydrogens (tertiary/aromatic N) is 2. The van der Waals surface area contributed by atoms with Crippen molar-refractivity contribution in [3.8, 4) is 5.75 Å². The summed E-state index contributed by atoms with van der Waals surface area (Å²) in [7, 11) is -1.75. The predicted octanol–water partition coefficient (Wildman–Crippen LogP) is 2.80. The van der Waals surface area contributed by atoms with E-state index in [-0.39, 0.29) is 5.75 Å². The summed E-state index contributed by atoms with van der Waals surface area (Å²) in [4.78, 5) is 1.88. The summed E-state index contributed by atoms with van der Waals surface area (Å²) < 4.78 is 33.0. The van der Waals surface area contributed by atoms with Crippen molar-refractivity contribution in [2.75, 3.05) is 19.4 Å². The molecule has 0 aliphatic carbocycles. The molecule has 24 heavy (non-hydrogen) atoms. The third kappa shape index (κ3) is 2.59. The topological polar surface area (TPSA) is 59.0 Å². The minimum absolute atomic E-state index is 0.0473. The van der Waals surface area contributed by atoms with Crippen LogP contribution in [0.25, 0.3) is 16.3 Å². The average molecular weight is 340 g/mol. The summed E-state index contributed by atoms with van der Waals surface area (Å²) in [6.45, 7) is 0.430. The maximum Gasteiger partial charge on any atom is 0.256 e. The number of benzene rings is 2. The van der Waals surface area contributed by atoms with Crippen molar-refractivity contribution in [2.24, 2.45) is 4.40 Å². The second kappa shape index (κ2) is 5.49. The lowest BCUT2D eigenvalue weighted by Gasteiger charge is -2.29. The molecule has 4 rings (SSSR count). The van der Waals surface area contributed by atoms with Crippen molar-refractivity contribution < 1.29 is 13.2 Å². The van der Waals surface area contributed by atoms with E-state index in [0.717, 1.165) is 27.7 Å². The molecule has 6 heteroatoms. The fourth-order valence-corrected chi connectivity index (χ4v) is 3.95. The molecule has 0 N–H and O–H groups in total. The van der Waals surface area contributed by atoms with Gasteiger partial charge < -0.3 is 9.64 Å². The molecule has 5 nitrogen and oxygen atoms in total. The molecule has 0 aromatic heterocycles. The predicted molar refractivity (Wildman–Crippen MR) is 95.5 cm³/mol. The minimum Gasteiger partial charge on any atom is -0.497 e. The lowest BCUT2D eigenvalue weighted by Crippen LogP contribution is -2.37. The highest BCUT2D eigenvalue weighted by Crippen LogP contribution is 2.29.